The summed E-state index contributed by atoms with van der Waals surface area (Å²) < 4.78 is 20.0. The molecule has 0 bridgehead atoms. The van der Waals surface area contributed by atoms with Crippen molar-refractivity contribution < 1.29 is 18.7 Å². The van der Waals surface area contributed by atoms with Crippen LogP contribution < -0.4 is 4.74 Å². The highest BCUT2D eigenvalue weighted by molar-refractivity contribution is 5.95. The van der Waals surface area contributed by atoms with E-state index in [1.807, 2.05) is 48.3 Å². The number of carbonyl (C=O) groups excluding carboxylic acids is 2. The van der Waals surface area contributed by atoms with Crippen LogP contribution in [-0.4, -0.2) is 54.9 Å². The Kier molecular flexibility index (Phi) is 7.66. The third-order valence-corrected chi connectivity index (χ3v) is 7.02. The smallest absolute Gasteiger partial charge is 0.282 e. The Hall–Kier alpha value is -3.15. The molecule has 0 N–H and O–H groups in total. The number of rotatable bonds is 8. The predicted molar refractivity (Wildman–Crippen MR) is 131 cm³/mol. The van der Waals surface area contributed by atoms with E-state index in [0.29, 0.717) is 18.7 Å². The van der Waals surface area contributed by atoms with Gasteiger partial charge < -0.3 is 14.5 Å². The number of nitrogens with zero attached hydrogens (tertiary/aromatic N) is 2. The lowest BCUT2D eigenvalue weighted by atomic mass is 9.84. The van der Waals surface area contributed by atoms with Crippen LogP contribution in [0.2, 0.25) is 0 Å². The van der Waals surface area contributed by atoms with Crippen LogP contribution in [0.4, 0.5) is 4.39 Å². The van der Waals surface area contributed by atoms with Gasteiger partial charge in [-0.3, -0.25) is 9.59 Å². The number of ether oxygens (including phenoxy) is 1. The first kappa shape index (κ1) is 24.0. The number of likely N-dealkylation sites (tertiary alicyclic amines) is 1. The van der Waals surface area contributed by atoms with Gasteiger partial charge in [0.25, 0.3) is 5.91 Å². The third-order valence-electron chi connectivity index (χ3n) is 7.02. The Morgan fingerprint density at radius 2 is 1.79 bits per heavy atom. The maximum absolute atomic E-state index is 14.6. The second-order valence-corrected chi connectivity index (χ2v) is 9.38. The van der Waals surface area contributed by atoms with Crippen molar-refractivity contribution in [2.24, 2.45) is 11.8 Å². The Balaban J connectivity index is 1.44. The number of benzene rings is 2. The number of carbonyl (C=O) groups is 2. The SMILES string of the molecule is COc1cccc(C[C@H](C2CCN(C(=O)/C(F)=C/c3ccccc3)CC2)N(C)C(=O)C2CC2)c1. The highest BCUT2D eigenvalue weighted by atomic mass is 19.1. The molecule has 2 aromatic rings. The highest BCUT2D eigenvalue weighted by Gasteiger charge is 2.38. The Morgan fingerprint density at radius 1 is 1.09 bits per heavy atom. The lowest BCUT2D eigenvalue weighted by Crippen LogP contribution is -2.49. The number of likely N-dealkylation sites (N-methyl/N-ethyl adjacent to an activating group) is 1. The quantitative estimate of drug-likeness (QED) is 0.531. The minimum atomic E-state index is -0.737. The van der Waals surface area contributed by atoms with Gasteiger partial charge in [-0.1, -0.05) is 42.5 Å². The van der Waals surface area contributed by atoms with Gasteiger partial charge in [0.2, 0.25) is 5.91 Å². The number of methoxy groups -OCH3 is 1. The van der Waals surface area contributed by atoms with E-state index in [-0.39, 0.29) is 23.8 Å². The molecule has 0 radical (unpaired) electrons. The number of piperidine rings is 1. The Labute approximate surface area is 201 Å². The van der Waals surface area contributed by atoms with Crippen LogP contribution in [0.1, 0.15) is 36.8 Å². The van der Waals surface area contributed by atoms with E-state index in [1.165, 1.54) is 6.08 Å². The number of amides is 2. The average molecular weight is 465 g/mol. The number of halogens is 1. The second kappa shape index (κ2) is 10.9. The van der Waals surface area contributed by atoms with Gasteiger partial charge in [0, 0.05) is 32.1 Å². The molecule has 1 aliphatic heterocycles. The molecule has 2 amide bonds. The first-order chi connectivity index (χ1) is 16.5. The fraction of sp³-hybridized carbons (Fsp3) is 0.429. The monoisotopic (exact) mass is 464 g/mol. The molecule has 4 rings (SSSR count). The summed E-state index contributed by atoms with van der Waals surface area (Å²) in [6.07, 6.45) is 5.43. The molecule has 34 heavy (non-hydrogen) atoms. The van der Waals surface area contributed by atoms with Crippen LogP contribution in [0.15, 0.2) is 60.4 Å². The minimum Gasteiger partial charge on any atom is -0.497 e. The summed E-state index contributed by atoms with van der Waals surface area (Å²) in [5, 5.41) is 0. The molecule has 1 saturated heterocycles. The summed E-state index contributed by atoms with van der Waals surface area (Å²) in [6.45, 7) is 0.971. The van der Waals surface area contributed by atoms with E-state index < -0.39 is 11.7 Å². The van der Waals surface area contributed by atoms with E-state index in [2.05, 4.69) is 6.07 Å². The lowest BCUT2D eigenvalue weighted by Gasteiger charge is -2.40. The van der Waals surface area contributed by atoms with Gasteiger partial charge in [-0.15, -0.1) is 0 Å². The zero-order chi connectivity index (χ0) is 24.1. The molecule has 1 aliphatic carbocycles. The van der Waals surface area contributed by atoms with E-state index >= 15 is 0 Å². The molecular formula is C28H33FN2O3. The van der Waals surface area contributed by atoms with Gasteiger partial charge in [0.15, 0.2) is 5.83 Å². The summed E-state index contributed by atoms with van der Waals surface area (Å²) in [7, 11) is 3.56. The van der Waals surface area contributed by atoms with Crippen LogP contribution in [0.5, 0.6) is 5.75 Å². The van der Waals surface area contributed by atoms with Gasteiger partial charge in [0.1, 0.15) is 5.75 Å². The van der Waals surface area contributed by atoms with Crippen molar-refractivity contribution in [3.05, 3.63) is 71.6 Å². The fourth-order valence-corrected chi connectivity index (χ4v) is 4.84. The van der Waals surface area contributed by atoms with Crippen LogP contribution >= 0.6 is 0 Å². The van der Waals surface area contributed by atoms with Crippen LogP contribution in [0, 0.1) is 11.8 Å². The van der Waals surface area contributed by atoms with Crippen molar-refractivity contribution in [1.82, 2.24) is 9.80 Å². The molecule has 0 unspecified atom stereocenters. The Morgan fingerprint density at radius 3 is 2.44 bits per heavy atom. The van der Waals surface area contributed by atoms with Crippen LogP contribution in [-0.2, 0) is 16.0 Å². The average Bonchev–Trinajstić information content (AvgIpc) is 3.72. The zero-order valence-electron chi connectivity index (χ0n) is 20.0. The largest absolute Gasteiger partial charge is 0.497 e. The maximum Gasteiger partial charge on any atom is 0.282 e. The standard InChI is InChI=1S/C28H33FN2O3/c1-30(27(32)23-11-12-23)26(19-21-9-6-10-24(17-21)34-2)22-13-15-31(16-14-22)28(33)25(29)18-20-7-4-3-5-8-20/h3-10,17-18,22-23,26H,11-16,19H2,1-2H3/b25-18-/t26-/m1/s1. The van der Waals surface area contributed by atoms with Gasteiger partial charge in [-0.05, 0) is 67.4 Å². The van der Waals surface area contributed by atoms with E-state index in [1.54, 1.807) is 24.1 Å². The van der Waals surface area contributed by atoms with Gasteiger partial charge >= 0.3 is 0 Å². The molecule has 2 aromatic carbocycles. The molecule has 0 aromatic heterocycles. The van der Waals surface area contributed by atoms with E-state index in [0.717, 1.165) is 43.4 Å². The topological polar surface area (TPSA) is 49.9 Å². The van der Waals surface area contributed by atoms with Crippen LogP contribution in [0.25, 0.3) is 6.08 Å². The number of hydrogen-bond acceptors (Lipinski definition) is 3. The molecule has 2 aliphatic rings. The van der Waals surface area contributed by atoms with Crippen molar-refractivity contribution >= 4 is 17.9 Å². The summed E-state index contributed by atoms with van der Waals surface area (Å²) in [6, 6.07) is 17.0. The molecular weight excluding hydrogens is 431 g/mol. The third kappa shape index (κ3) is 5.85. The van der Waals surface area contributed by atoms with Crippen molar-refractivity contribution in [3.63, 3.8) is 0 Å². The van der Waals surface area contributed by atoms with Gasteiger partial charge in [0.05, 0.1) is 7.11 Å². The zero-order valence-corrected chi connectivity index (χ0v) is 20.0. The van der Waals surface area contributed by atoms with Gasteiger partial charge in [-0.2, -0.15) is 0 Å². The first-order valence-electron chi connectivity index (χ1n) is 12.1. The van der Waals surface area contributed by atoms with Crippen LogP contribution in [0.3, 0.4) is 0 Å². The summed E-state index contributed by atoms with van der Waals surface area (Å²) in [4.78, 5) is 29.1. The van der Waals surface area contributed by atoms with E-state index in [4.69, 9.17) is 4.74 Å². The number of hydrogen-bond donors (Lipinski definition) is 0. The molecule has 5 nitrogen and oxygen atoms in total. The predicted octanol–water partition coefficient (Wildman–Crippen LogP) is 4.72. The van der Waals surface area contributed by atoms with Crippen molar-refractivity contribution in [2.75, 3.05) is 27.2 Å². The normalized spacial score (nSPS) is 17.9. The summed E-state index contributed by atoms with van der Waals surface area (Å²) in [5.41, 5.74) is 1.79. The Bertz CT molecular complexity index is 1030. The molecule has 1 atom stereocenters. The summed E-state index contributed by atoms with van der Waals surface area (Å²) >= 11 is 0. The molecule has 1 heterocycles. The second-order valence-electron chi connectivity index (χ2n) is 9.38. The molecule has 6 heteroatoms. The molecule has 180 valence electrons. The highest BCUT2D eigenvalue weighted by Crippen LogP contribution is 2.34. The van der Waals surface area contributed by atoms with Crippen molar-refractivity contribution in [2.45, 2.75) is 38.1 Å². The lowest BCUT2D eigenvalue weighted by molar-refractivity contribution is -0.136. The summed E-state index contributed by atoms with van der Waals surface area (Å²) in [5.74, 6) is 0.102. The van der Waals surface area contributed by atoms with Crippen molar-refractivity contribution in [3.8, 4) is 5.75 Å². The molecule has 0 spiro atoms. The van der Waals surface area contributed by atoms with E-state index in [9.17, 15) is 14.0 Å². The fourth-order valence-electron chi connectivity index (χ4n) is 4.84. The minimum absolute atomic E-state index is 0.0298. The van der Waals surface area contributed by atoms with Gasteiger partial charge in [-0.25, -0.2) is 4.39 Å². The molecule has 1 saturated carbocycles. The maximum atomic E-state index is 14.6. The van der Waals surface area contributed by atoms with Crippen molar-refractivity contribution in [1.29, 1.82) is 0 Å². The molecule has 2 fully saturated rings. The first-order valence-corrected chi connectivity index (χ1v) is 12.1.